The lowest BCUT2D eigenvalue weighted by molar-refractivity contribution is 0.0679. The van der Waals surface area contributed by atoms with Crippen molar-refractivity contribution in [1.82, 2.24) is 0 Å². The van der Waals surface area contributed by atoms with E-state index in [-0.39, 0.29) is 12.6 Å². The van der Waals surface area contributed by atoms with Crippen molar-refractivity contribution in [2.75, 3.05) is 6.61 Å². The molecule has 0 aliphatic carbocycles. The van der Waals surface area contributed by atoms with Gasteiger partial charge in [0.2, 0.25) is 0 Å². The maximum absolute atomic E-state index is 9.41. The number of fused-ring (bicyclic) bond motifs is 1. The highest BCUT2D eigenvalue weighted by Gasteiger charge is 2.26. The van der Waals surface area contributed by atoms with Crippen LogP contribution in [0.3, 0.4) is 0 Å². The van der Waals surface area contributed by atoms with E-state index < -0.39 is 6.10 Å². The zero-order valence-electron chi connectivity index (χ0n) is 6.90. The normalized spacial score (nSPS) is 26.4. The molecule has 13 heavy (non-hydrogen) atoms. The molecule has 1 heterocycles. The van der Waals surface area contributed by atoms with Gasteiger partial charge in [0.1, 0.15) is 18.5 Å². The molecule has 1 unspecified atom stereocenters. The van der Waals surface area contributed by atoms with Crippen LogP contribution in [0.4, 0.5) is 0 Å². The van der Waals surface area contributed by atoms with E-state index in [1.165, 1.54) is 0 Å². The van der Waals surface area contributed by atoms with Crippen LogP contribution in [0, 0.1) is 0 Å². The number of aliphatic hydroxyl groups excluding tert-OH is 1. The molecule has 0 fully saturated rings. The van der Waals surface area contributed by atoms with E-state index in [0.29, 0.717) is 10.8 Å². The average molecular weight is 200 g/mol. The van der Waals surface area contributed by atoms with Crippen molar-refractivity contribution in [3.8, 4) is 5.75 Å². The molecule has 1 aromatic carbocycles. The first-order valence-electron chi connectivity index (χ1n) is 4.04. The van der Waals surface area contributed by atoms with Crippen molar-refractivity contribution < 1.29 is 9.84 Å². The molecule has 3 N–H and O–H groups in total. The van der Waals surface area contributed by atoms with Crippen LogP contribution in [0.2, 0.25) is 5.02 Å². The quantitative estimate of drug-likeness (QED) is 0.658. The Bertz CT molecular complexity index is 329. The smallest absolute Gasteiger partial charge is 0.125 e. The van der Waals surface area contributed by atoms with Gasteiger partial charge in [0, 0.05) is 10.6 Å². The Morgan fingerprint density at radius 3 is 3.08 bits per heavy atom. The van der Waals surface area contributed by atoms with Gasteiger partial charge in [-0.1, -0.05) is 17.7 Å². The minimum atomic E-state index is -0.631. The van der Waals surface area contributed by atoms with Crippen LogP contribution in [-0.2, 0) is 0 Å². The van der Waals surface area contributed by atoms with E-state index in [4.69, 9.17) is 22.1 Å². The predicted molar refractivity (Wildman–Crippen MR) is 49.9 cm³/mol. The molecular formula is C9H10ClNO2. The van der Waals surface area contributed by atoms with Crippen LogP contribution in [-0.4, -0.2) is 17.8 Å². The summed E-state index contributed by atoms with van der Waals surface area (Å²) in [5.74, 6) is 0.672. The second-order valence-corrected chi connectivity index (χ2v) is 3.52. The molecule has 0 saturated heterocycles. The summed E-state index contributed by atoms with van der Waals surface area (Å²) in [4.78, 5) is 0. The number of hydrogen-bond acceptors (Lipinski definition) is 3. The lowest BCUT2D eigenvalue weighted by Gasteiger charge is -2.27. The predicted octanol–water partition coefficient (Wildman–Crippen LogP) is 1.09. The van der Waals surface area contributed by atoms with Gasteiger partial charge >= 0.3 is 0 Å². The van der Waals surface area contributed by atoms with Gasteiger partial charge < -0.3 is 15.6 Å². The van der Waals surface area contributed by atoms with Gasteiger partial charge in [0.15, 0.2) is 0 Å². The van der Waals surface area contributed by atoms with Gasteiger partial charge in [-0.2, -0.15) is 0 Å². The highest BCUT2D eigenvalue weighted by Crippen LogP contribution is 2.32. The van der Waals surface area contributed by atoms with Gasteiger partial charge in [0.25, 0.3) is 0 Å². The molecule has 1 aliphatic rings. The summed E-state index contributed by atoms with van der Waals surface area (Å²) < 4.78 is 5.27. The molecule has 4 heteroatoms. The van der Waals surface area contributed by atoms with E-state index >= 15 is 0 Å². The van der Waals surface area contributed by atoms with Crippen molar-refractivity contribution >= 4 is 11.6 Å². The number of halogens is 1. The maximum Gasteiger partial charge on any atom is 0.125 e. The Balaban J connectivity index is 2.44. The van der Waals surface area contributed by atoms with Crippen molar-refractivity contribution in [2.24, 2.45) is 5.73 Å². The van der Waals surface area contributed by atoms with Gasteiger partial charge in [-0.3, -0.25) is 0 Å². The minimum Gasteiger partial charge on any atom is -0.490 e. The summed E-state index contributed by atoms with van der Waals surface area (Å²) in [5, 5.41) is 10.0. The number of aliphatic hydroxyl groups is 1. The van der Waals surface area contributed by atoms with E-state index in [9.17, 15) is 5.11 Å². The molecule has 0 amide bonds. The molecule has 3 nitrogen and oxygen atoms in total. The third-order valence-corrected chi connectivity index (χ3v) is 2.39. The first-order valence-corrected chi connectivity index (χ1v) is 4.42. The molecular weight excluding hydrogens is 190 g/mol. The lowest BCUT2D eigenvalue weighted by Crippen LogP contribution is -2.35. The lowest BCUT2D eigenvalue weighted by atomic mass is 9.99. The number of ether oxygens (including phenoxy) is 1. The van der Waals surface area contributed by atoms with E-state index in [1.54, 1.807) is 18.2 Å². The Kier molecular flexibility index (Phi) is 2.15. The van der Waals surface area contributed by atoms with Crippen molar-refractivity contribution in [1.29, 1.82) is 0 Å². The SMILES string of the molecule is NC1c2ccc(Cl)cc2OC[C@H]1O. The molecule has 0 spiro atoms. The summed E-state index contributed by atoms with van der Waals surface area (Å²) in [6, 6.07) is 4.86. The summed E-state index contributed by atoms with van der Waals surface area (Å²) >= 11 is 5.78. The van der Waals surface area contributed by atoms with Crippen LogP contribution in [0.1, 0.15) is 11.6 Å². The van der Waals surface area contributed by atoms with E-state index in [1.807, 2.05) is 0 Å². The van der Waals surface area contributed by atoms with Gasteiger partial charge in [0.05, 0.1) is 6.04 Å². The fraction of sp³-hybridized carbons (Fsp3) is 0.333. The molecule has 2 rings (SSSR count). The van der Waals surface area contributed by atoms with Crippen molar-refractivity contribution in [2.45, 2.75) is 12.1 Å². The molecule has 0 aromatic heterocycles. The summed E-state index contributed by atoms with van der Waals surface area (Å²) in [7, 11) is 0. The zero-order chi connectivity index (χ0) is 9.42. The van der Waals surface area contributed by atoms with E-state index in [0.717, 1.165) is 5.56 Å². The number of hydrogen-bond donors (Lipinski definition) is 2. The van der Waals surface area contributed by atoms with Gasteiger partial charge in [-0.05, 0) is 12.1 Å². The molecule has 1 aromatic rings. The second-order valence-electron chi connectivity index (χ2n) is 3.09. The number of benzene rings is 1. The van der Waals surface area contributed by atoms with Crippen molar-refractivity contribution in [3.63, 3.8) is 0 Å². The standard InChI is InChI=1S/C9H10ClNO2/c10-5-1-2-6-8(3-5)13-4-7(12)9(6)11/h1-3,7,9,12H,4,11H2/t7-,9?/m1/s1. The first-order chi connectivity index (χ1) is 6.18. The Morgan fingerprint density at radius 1 is 1.54 bits per heavy atom. The Labute approximate surface area is 81.1 Å². The van der Waals surface area contributed by atoms with Gasteiger partial charge in [-0.15, -0.1) is 0 Å². The van der Waals surface area contributed by atoms with Gasteiger partial charge in [-0.25, -0.2) is 0 Å². The molecule has 1 aliphatic heterocycles. The molecule has 0 radical (unpaired) electrons. The highest BCUT2D eigenvalue weighted by molar-refractivity contribution is 6.30. The monoisotopic (exact) mass is 199 g/mol. The van der Waals surface area contributed by atoms with Crippen LogP contribution in [0.5, 0.6) is 5.75 Å². The number of rotatable bonds is 0. The summed E-state index contributed by atoms with van der Waals surface area (Å²) in [6.07, 6.45) is -0.631. The Hall–Kier alpha value is -0.770. The fourth-order valence-electron chi connectivity index (χ4n) is 1.39. The topological polar surface area (TPSA) is 55.5 Å². The third kappa shape index (κ3) is 1.50. The number of nitrogens with two attached hydrogens (primary N) is 1. The van der Waals surface area contributed by atoms with Crippen molar-refractivity contribution in [3.05, 3.63) is 28.8 Å². The van der Waals surface area contributed by atoms with Crippen LogP contribution in [0.15, 0.2) is 18.2 Å². The van der Waals surface area contributed by atoms with Crippen LogP contribution >= 0.6 is 11.6 Å². The molecule has 0 saturated carbocycles. The molecule has 70 valence electrons. The zero-order valence-corrected chi connectivity index (χ0v) is 7.66. The fourth-order valence-corrected chi connectivity index (χ4v) is 1.56. The second kappa shape index (κ2) is 3.18. The average Bonchev–Trinajstić information content (AvgIpc) is 2.12. The highest BCUT2D eigenvalue weighted by atomic mass is 35.5. The van der Waals surface area contributed by atoms with Crippen LogP contribution in [0.25, 0.3) is 0 Å². The molecule has 2 atom stereocenters. The first kappa shape index (κ1) is 8.81. The summed E-state index contributed by atoms with van der Waals surface area (Å²) in [6.45, 7) is 0.231. The largest absolute Gasteiger partial charge is 0.490 e. The van der Waals surface area contributed by atoms with Crippen LogP contribution < -0.4 is 10.5 Å². The third-order valence-electron chi connectivity index (χ3n) is 2.16. The maximum atomic E-state index is 9.41. The van der Waals surface area contributed by atoms with E-state index in [2.05, 4.69) is 0 Å². The molecule has 0 bridgehead atoms. The Morgan fingerprint density at radius 2 is 2.31 bits per heavy atom. The minimum absolute atomic E-state index is 0.231. The summed E-state index contributed by atoms with van der Waals surface area (Å²) in [5.41, 5.74) is 6.58.